The van der Waals surface area contributed by atoms with Crippen molar-refractivity contribution in [1.82, 2.24) is 4.98 Å². The molecular weight excluding hydrogens is 248 g/mol. The van der Waals surface area contributed by atoms with E-state index in [1.807, 2.05) is 58.0 Å². The minimum Gasteiger partial charge on any atom is -0.365 e. The van der Waals surface area contributed by atoms with Crippen LogP contribution < -0.4 is 5.32 Å². The molecule has 0 bridgehead atoms. The van der Waals surface area contributed by atoms with Gasteiger partial charge >= 0.3 is 0 Å². The molecule has 104 valence electrons. The molecule has 0 aliphatic heterocycles. The molecule has 0 unspecified atom stereocenters. The van der Waals surface area contributed by atoms with E-state index in [1.165, 1.54) is 0 Å². The lowest BCUT2D eigenvalue weighted by Gasteiger charge is -2.22. The van der Waals surface area contributed by atoms with Crippen LogP contribution in [-0.4, -0.2) is 16.3 Å². The molecule has 1 aromatic carbocycles. The first-order valence-corrected chi connectivity index (χ1v) is 6.72. The third-order valence-corrected chi connectivity index (χ3v) is 2.94. The standard InChI is InChI=1S/C17H20N2O/c1-12-8-5-6-9-13(12)15(20)14-10-7-11-18-16(14)19-17(2,3)4/h5-11H,1-4H3,(H,18,19). The molecule has 3 heteroatoms. The van der Waals surface area contributed by atoms with Crippen molar-refractivity contribution in [3.8, 4) is 0 Å². The molecular formula is C17H20N2O. The second kappa shape index (κ2) is 5.45. The molecule has 0 saturated carbocycles. The normalized spacial score (nSPS) is 11.2. The van der Waals surface area contributed by atoms with Gasteiger partial charge < -0.3 is 5.32 Å². The van der Waals surface area contributed by atoms with E-state index in [-0.39, 0.29) is 11.3 Å². The number of ketones is 1. The van der Waals surface area contributed by atoms with Gasteiger partial charge in [0.25, 0.3) is 0 Å². The summed E-state index contributed by atoms with van der Waals surface area (Å²) < 4.78 is 0. The SMILES string of the molecule is Cc1ccccc1C(=O)c1cccnc1NC(C)(C)C. The van der Waals surface area contributed by atoms with Gasteiger partial charge in [0.15, 0.2) is 5.78 Å². The number of carbonyl (C=O) groups is 1. The van der Waals surface area contributed by atoms with E-state index in [2.05, 4.69) is 10.3 Å². The summed E-state index contributed by atoms with van der Waals surface area (Å²) in [6.45, 7) is 8.08. The Morgan fingerprint density at radius 1 is 1.05 bits per heavy atom. The predicted octanol–water partition coefficient (Wildman–Crippen LogP) is 3.83. The first-order valence-electron chi connectivity index (χ1n) is 6.72. The second-order valence-electron chi connectivity index (χ2n) is 5.92. The van der Waals surface area contributed by atoms with Crippen molar-refractivity contribution >= 4 is 11.6 Å². The molecule has 0 fully saturated rings. The van der Waals surface area contributed by atoms with Crippen LogP contribution in [-0.2, 0) is 0 Å². The number of carbonyl (C=O) groups excluding carboxylic acids is 1. The summed E-state index contributed by atoms with van der Waals surface area (Å²) in [5.74, 6) is 0.635. The van der Waals surface area contributed by atoms with Crippen molar-refractivity contribution in [2.45, 2.75) is 33.2 Å². The lowest BCUT2D eigenvalue weighted by molar-refractivity contribution is 0.103. The molecule has 3 nitrogen and oxygen atoms in total. The van der Waals surface area contributed by atoms with Crippen LogP contribution in [0.4, 0.5) is 5.82 Å². The fourth-order valence-corrected chi connectivity index (χ4v) is 2.02. The number of pyridine rings is 1. The Morgan fingerprint density at radius 2 is 1.70 bits per heavy atom. The number of aromatic nitrogens is 1. The van der Waals surface area contributed by atoms with Crippen LogP contribution in [0.3, 0.4) is 0 Å². The minimum atomic E-state index is -0.144. The molecule has 20 heavy (non-hydrogen) atoms. The van der Waals surface area contributed by atoms with Crippen molar-refractivity contribution in [3.63, 3.8) is 0 Å². The number of benzene rings is 1. The van der Waals surface area contributed by atoms with E-state index >= 15 is 0 Å². The van der Waals surface area contributed by atoms with Crippen LogP contribution in [0.5, 0.6) is 0 Å². The molecule has 0 saturated heterocycles. The van der Waals surface area contributed by atoms with Crippen molar-refractivity contribution in [1.29, 1.82) is 0 Å². The van der Waals surface area contributed by atoms with Gasteiger partial charge in [-0.25, -0.2) is 4.98 Å². The molecule has 2 rings (SSSR count). The maximum Gasteiger partial charge on any atom is 0.197 e. The number of aryl methyl sites for hydroxylation is 1. The minimum absolute atomic E-state index is 0.00273. The van der Waals surface area contributed by atoms with Crippen LogP contribution in [0.2, 0.25) is 0 Å². The average Bonchev–Trinajstić information content (AvgIpc) is 2.37. The summed E-state index contributed by atoms with van der Waals surface area (Å²) >= 11 is 0. The Bertz CT molecular complexity index is 627. The summed E-state index contributed by atoms with van der Waals surface area (Å²) in [6, 6.07) is 11.2. The van der Waals surface area contributed by atoms with Crippen LogP contribution in [0.15, 0.2) is 42.6 Å². The van der Waals surface area contributed by atoms with Gasteiger partial charge in [0.05, 0.1) is 5.56 Å². The van der Waals surface area contributed by atoms with Gasteiger partial charge in [-0.15, -0.1) is 0 Å². The molecule has 0 radical (unpaired) electrons. The molecule has 0 aliphatic rings. The Labute approximate surface area is 120 Å². The quantitative estimate of drug-likeness (QED) is 0.860. The Morgan fingerprint density at radius 3 is 2.35 bits per heavy atom. The highest BCUT2D eigenvalue weighted by atomic mass is 16.1. The highest BCUT2D eigenvalue weighted by molar-refractivity contribution is 6.12. The molecule has 0 aliphatic carbocycles. The van der Waals surface area contributed by atoms with Crippen molar-refractivity contribution in [2.24, 2.45) is 0 Å². The Kier molecular flexibility index (Phi) is 3.89. The first kappa shape index (κ1) is 14.3. The summed E-state index contributed by atoms with van der Waals surface area (Å²) in [5.41, 5.74) is 2.16. The smallest absolute Gasteiger partial charge is 0.197 e. The zero-order valence-electron chi connectivity index (χ0n) is 12.4. The molecule has 0 spiro atoms. The maximum absolute atomic E-state index is 12.7. The number of hydrogen-bond donors (Lipinski definition) is 1. The van der Waals surface area contributed by atoms with E-state index in [4.69, 9.17) is 0 Å². The number of anilines is 1. The second-order valence-corrected chi connectivity index (χ2v) is 5.92. The molecule has 1 heterocycles. The van der Waals surface area contributed by atoms with Crippen molar-refractivity contribution < 1.29 is 4.79 Å². The Hall–Kier alpha value is -2.16. The van der Waals surface area contributed by atoms with Gasteiger partial charge in [0, 0.05) is 17.3 Å². The molecule has 0 amide bonds. The molecule has 1 N–H and O–H groups in total. The van der Waals surface area contributed by atoms with Crippen LogP contribution in [0.1, 0.15) is 42.3 Å². The van der Waals surface area contributed by atoms with Gasteiger partial charge in [0.2, 0.25) is 0 Å². The van der Waals surface area contributed by atoms with Gasteiger partial charge in [-0.2, -0.15) is 0 Å². The third-order valence-electron chi connectivity index (χ3n) is 2.94. The number of nitrogens with one attached hydrogen (secondary N) is 1. The van der Waals surface area contributed by atoms with Crippen LogP contribution in [0.25, 0.3) is 0 Å². The zero-order chi connectivity index (χ0) is 14.8. The number of hydrogen-bond acceptors (Lipinski definition) is 3. The predicted molar refractivity (Wildman–Crippen MR) is 82.2 cm³/mol. The van der Waals surface area contributed by atoms with Crippen LogP contribution in [0, 0.1) is 6.92 Å². The average molecular weight is 268 g/mol. The molecule has 1 aromatic heterocycles. The zero-order valence-corrected chi connectivity index (χ0v) is 12.4. The first-order chi connectivity index (χ1) is 9.38. The van der Waals surface area contributed by atoms with Crippen molar-refractivity contribution in [3.05, 3.63) is 59.3 Å². The molecule has 2 aromatic rings. The summed E-state index contributed by atoms with van der Waals surface area (Å²) in [4.78, 5) is 17.0. The Balaban J connectivity index is 2.43. The summed E-state index contributed by atoms with van der Waals surface area (Å²) in [5, 5.41) is 3.29. The van der Waals surface area contributed by atoms with Gasteiger partial charge in [-0.3, -0.25) is 4.79 Å². The third kappa shape index (κ3) is 3.23. The fraction of sp³-hybridized carbons (Fsp3) is 0.294. The summed E-state index contributed by atoms with van der Waals surface area (Å²) in [7, 11) is 0. The maximum atomic E-state index is 12.7. The monoisotopic (exact) mass is 268 g/mol. The van der Waals surface area contributed by atoms with Crippen molar-refractivity contribution in [2.75, 3.05) is 5.32 Å². The lowest BCUT2D eigenvalue weighted by atomic mass is 9.99. The lowest BCUT2D eigenvalue weighted by Crippen LogP contribution is -2.28. The van der Waals surface area contributed by atoms with E-state index < -0.39 is 0 Å². The molecule has 0 atom stereocenters. The number of rotatable bonds is 3. The van der Waals surface area contributed by atoms with E-state index in [0.29, 0.717) is 11.4 Å². The van der Waals surface area contributed by atoms with E-state index in [9.17, 15) is 4.79 Å². The van der Waals surface area contributed by atoms with E-state index in [1.54, 1.807) is 12.3 Å². The van der Waals surface area contributed by atoms with Crippen LogP contribution >= 0.6 is 0 Å². The van der Waals surface area contributed by atoms with Gasteiger partial charge in [-0.05, 0) is 45.4 Å². The highest BCUT2D eigenvalue weighted by Gasteiger charge is 2.19. The van der Waals surface area contributed by atoms with E-state index in [0.717, 1.165) is 11.1 Å². The fourth-order valence-electron chi connectivity index (χ4n) is 2.02. The highest BCUT2D eigenvalue weighted by Crippen LogP contribution is 2.21. The number of nitrogens with zero attached hydrogens (tertiary/aromatic N) is 1. The largest absolute Gasteiger partial charge is 0.365 e. The topological polar surface area (TPSA) is 42.0 Å². The van der Waals surface area contributed by atoms with Gasteiger partial charge in [0.1, 0.15) is 5.82 Å². The summed E-state index contributed by atoms with van der Waals surface area (Å²) in [6.07, 6.45) is 1.70. The van der Waals surface area contributed by atoms with Gasteiger partial charge in [-0.1, -0.05) is 24.3 Å².